The van der Waals surface area contributed by atoms with E-state index in [9.17, 15) is 14.4 Å². The number of primary amides is 1. The molecule has 41 heavy (non-hydrogen) atoms. The van der Waals surface area contributed by atoms with Crippen molar-refractivity contribution in [1.82, 2.24) is 30.0 Å². The van der Waals surface area contributed by atoms with Crippen molar-refractivity contribution in [1.29, 1.82) is 0 Å². The minimum absolute atomic E-state index is 0.0254. The second-order valence-corrected chi connectivity index (χ2v) is 10.1. The van der Waals surface area contributed by atoms with Gasteiger partial charge in [0.25, 0.3) is 11.8 Å². The Bertz CT molecular complexity index is 1470. The van der Waals surface area contributed by atoms with Crippen molar-refractivity contribution in [3.8, 4) is 5.75 Å². The zero-order chi connectivity index (χ0) is 29.7. The van der Waals surface area contributed by atoms with Crippen LogP contribution in [0.25, 0.3) is 0 Å². The average molecular weight is 562 g/mol. The Morgan fingerprint density at radius 1 is 1.22 bits per heavy atom. The summed E-state index contributed by atoms with van der Waals surface area (Å²) >= 11 is 0. The lowest BCUT2D eigenvalue weighted by atomic mass is 10.1. The first kappa shape index (κ1) is 29.1. The van der Waals surface area contributed by atoms with Crippen molar-refractivity contribution >= 4 is 40.9 Å². The van der Waals surface area contributed by atoms with E-state index >= 15 is 0 Å². The normalized spacial score (nSPS) is 14.9. The second kappa shape index (κ2) is 12.5. The maximum atomic E-state index is 12.6. The first-order chi connectivity index (χ1) is 19.6. The minimum atomic E-state index is -0.715. The summed E-state index contributed by atoms with van der Waals surface area (Å²) in [5.41, 5.74) is 7.96. The number of methoxy groups -OCH3 is 1. The number of aromatic nitrogens is 4. The van der Waals surface area contributed by atoms with E-state index in [4.69, 9.17) is 10.5 Å². The van der Waals surface area contributed by atoms with Gasteiger partial charge in [0.2, 0.25) is 11.9 Å². The molecule has 3 amide bonds. The fourth-order valence-corrected chi connectivity index (χ4v) is 4.62. The molecule has 3 heterocycles. The van der Waals surface area contributed by atoms with Gasteiger partial charge in [0.1, 0.15) is 17.1 Å². The Balaban J connectivity index is 1.57. The first-order valence-electron chi connectivity index (χ1n) is 13.3. The first-order valence-corrected chi connectivity index (χ1v) is 13.3. The number of hydrogen-bond acceptors (Lipinski definition) is 9. The standard InChI is InChI=1S/C28H35N9O4/c1-6-23(38)36-9-7-8-20(15-36)37-14-19(12-31-37)33-28-30-13-21(25(29)39)26(35-28)34-24-17(4)10-18(11-22(24)41-5)27(40)32-16(2)3/h6,10-14,16,20H,1,7-9,15H2,2-5H3,(H2,29,39)(H,32,40)(H2,30,33,34,35). The van der Waals surface area contributed by atoms with Crippen LogP contribution in [-0.2, 0) is 4.79 Å². The number of rotatable bonds is 10. The van der Waals surface area contributed by atoms with Crippen molar-refractivity contribution in [3.63, 3.8) is 0 Å². The van der Waals surface area contributed by atoms with Gasteiger partial charge < -0.3 is 31.3 Å². The summed E-state index contributed by atoms with van der Waals surface area (Å²) in [6, 6.07) is 3.33. The van der Waals surface area contributed by atoms with Crippen LogP contribution in [0.15, 0.2) is 43.4 Å². The molecule has 13 nitrogen and oxygen atoms in total. The number of nitrogens with one attached hydrogen (secondary N) is 3. The van der Waals surface area contributed by atoms with Crippen molar-refractivity contribution in [2.24, 2.45) is 5.73 Å². The highest BCUT2D eigenvalue weighted by Gasteiger charge is 2.24. The molecule has 0 spiro atoms. The molecule has 3 aromatic rings. The molecule has 13 heteroatoms. The van der Waals surface area contributed by atoms with Gasteiger partial charge in [0.05, 0.1) is 30.7 Å². The molecule has 1 fully saturated rings. The van der Waals surface area contributed by atoms with Crippen LogP contribution >= 0.6 is 0 Å². The molecule has 1 atom stereocenters. The molecule has 5 N–H and O–H groups in total. The molecule has 216 valence electrons. The third-order valence-electron chi connectivity index (χ3n) is 6.61. The molecule has 1 aliphatic heterocycles. The lowest BCUT2D eigenvalue weighted by molar-refractivity contribution is -0.127. The average Bonchev–Trinajstić information content (AvgIpc) is 3.41. The van der Waals surface area contributed by atoms with Gasteiger partial charge >= 0.3 is 0 Å². The molecule has 0 saturated carbocycles. The van der Waals surface area contributed by atoms with Crippen LogP contribution in [0.2, 0.25) is 0 Å². The third kappa shape index (κ3) is 6.80. The predicted molar refractivity (Wildman–Crippen MR) is 155 cm³/mol. The van der Waals surface area contributed by atoms with Gasteiger partial charge in [0, 0.05) is 37.1 Å². The van der Waals surface area contributed by atoms with E-state index in [1.165, 1.54) is 19.4 Å². The minimum Gasteiger partial charge on any atom is -0.495 e. The zero-order valence-corrected chi connectivity index (χ0v) is 23.6. The van der Waals surface area contributed by atoms with Crippen LogP contribution < -0.4 is 26.4 Å². The summed E-state index contributed by atoms with van der Waals surface area (Å²) in [4.78, 5) is 47.3. The SMILES string of the molecule is C=CC(=O)N1CCCC(n2cc(Nc3ncc(C(N)=O)c(Nc4c(C)cc(C(=O)NC(C)C)cc4OC)n3)cn2)C1. The van der Waals surface area contributed by atoms with E-state index in [2.05, 4.69) is 37.6 Å². The molecule has 1 unspecified atom stereocenters. The summed E-state index contributed by atoms with van der Waals surface area (Å²) < 4.78 is 7.36. The Hall–Kier alpha value is -4.94. The van der Waals surface area contributed by atoms with Gasteiger partial charge in [0.15, 0.2) is 0 Å². The molecule has 2 aromatic heterocycles. The predicted octanol–water partition coefficient (Wildman–Crippen LogP) is 3.06. The zero-order valence-electron chi connectivity index (χ0n) is 23.6. The van der Waals surface area contributed by atoms with Crippen LogP contribution in [0.5, 0.6) is 5.75 Å². The van der Waals surface area contributed by atoms with E-state index in [0.717, 1.165) is 12.8 Å². The van der Waals surface area contributed by atoms with Gasteiger partial charge in [-0.25, -0.2) is 4.98 Å². The van der Waals surface area contributed by atoms with E-state index < -0.39 is 5.91 Å². The number of hydrogen-bond donors (Lipinski definition) is 4. The largest absolute Gasteiger partial charge is 0.495 e. The van der Waals surface area contributed by atoms with Crippen LogP contribution in [0.4, 0.5) is 23.1 Å². The Kier molecular flexibility index (Phi) is 8.85. The Morgan fingerprint density at radius 2 is 2.00 bits per heavy atom. The third-order valence-corrected chi connectivity index (χ3v) is 6.61. The van der Waals surface area contributed by atoms with Crippen LogP contribution in [0.3, 0.4) is 0 Å². The Morgan fingerprint density at radius 3 is 2.68 bits per heavy atom. The number of carbonyl (C=O) groups is 3. The molecule has 1 aromatic carbocycles. The van der Waals surface area contributed by atoms with Crippen molar-refractivity contribution in [2.75, 3.05) is 30.8 Å². The second-order valence-electron chi connectivity index (χ2n) is 10.1. The number of anilines is 4. The van der Waals surface area contributed by atoms with Crippen LogP contribution in [-0.4, -0.2) is 68.6 Å². The molecule has 1 aliphatic rings. The van der Waals surface area contributed by atoms with Crippen molar-refractivity contribution in [2.45, 2.75) is 45.7 Å². The van der Waals surface area contributed by atoms with Crippen molar-refractivity contribution < 1.29 is 19.1 Å². The highest BCUT2D eigenvalue weighted by atomic mass is 16.5. The summed E-state index contributed by atoms with van der Waals surface area (Å²) in [6.45, 7) is 10.4. The highest BCUT2D eigenvalue weighted by Crippen LogP contribution is 2.33. The molecule has 4 rings (SSSR count). The van der Waals surface area contributed by atoms with Crippen LogP contribution in [0.1, 0.15) is 59.0 Å². The van der Waals surface area contributed by atoms with Gasteiger partial charge in [-0.05, 0) is 57.4 Å². The number of likely N-dealkylation sites (tertiary alicyclic amines) is 1. The summed E-state index contributed by atoms with van der Waals surface area (Å²) in [6.07, 6.45) is 7.87. The smallest absolute Gasteiger partial charge is 0.254 e. The molecule has 0 radical (unpaired) electrons. The Labute approximate surface area is 238 Å². The molecular weight excluding hydrogens is 526 g/mol. The van der Waals surface area contributed by atoms with Gasteiger partial charge in [-0.1, -0.05) is 6.58 Å². The molecule has 0 aliphatic carbocycles. The molecule has 1 saturated heterocycles. The summed E-state index contributed by atoms with van der Waals surface area (Å²) in [7, 11) is 1.49. The maximum Gasteiger partial charge on any atom is 0.254 e. The highest BCUT2D eigenvalue weighted by molar-refractivity contribution is 5.99. The number of nitrogens with two attached hydrogens (primary N) is 1. The summed E-state index contributed by atoms with van der Waals surface area (Å²) in [5.74, 6) is -0.285. The quantitative estimate of drug-likeness (QED) is 0.272. The number of carbonyl (C=O) groups excluding carboxylic acids is 3. The maximum absolute atomic E-state index is 12.6. The number of benzene rings is 1. The van der Waals surface area contributed by atoms with E-state index in [1.807, 2.05) is 31.6 Å². The number of amides is 3. The lowest BCUT2D eigenvalue weighted by Crippen LogP contribution is -2.39. The number of piperidine rings is 1. The number of ether oxygens (including phenoxy) is 1. The van der Waals surface area contributed by atoms with E-state index in [1.54, 1.807) is 23.2 Å². The molecule has 0 bridgehead atoms. The van der Waals surface area contributed by atoms with Crippen molar-refractivity contribution in [3.05, 3.63) is 60.1 Å². The summed E-state index contributed by atoms with van der Waals surface area (Å²) in [5, 5.41) is 13.6. The topological polar surface area (TPSA) is 169 Å². The number of nitrogens with zero attached hydrogens (tertiary/aromatic N) is 5. The van der Waals surface area contributed by atoms with Gasteiger partial charge in [-0.15, -0.1) is 0 Å². The monoisotopic (exact) mass is 561 g/mol. The van der Waals surface area contributed by atoms with Gasteiger partial charge in [-0.2, -0.15) is 10.1 Å². The van der Waals surface area contributed by atoms with E-state index in [0.29, 0.717) is 41.3 Å². The molecular formula is C28H35N9O4. The fraction of sp³-hybridized carbons (Fsp3) is 0.357. The fourth-order valence-electron chi connectivity index (χ4n) is 4.62. The van der Waals surface area contributed by atoms with Gasteiger partial charge in [-0.3, -0.25) is 19.1 Å². The van der Waals surface area contributed by atoms with Crippen LogP contribution in [0, 0.1) is 6.92 Å². The number of aryl methyl sites for hydroxylation is 1. The lowest BCUT2D eigenvalue weighted by Gasteiger charge is -2.32. The van der Waals surface area contributed by atoms with E-state index in [-0.39, 0.29) is 41.2 Å².